The third-order valence-corrected chi connectivity index (χ3v) is 5.46. The Hall–Kier alpha value is -3.04. The highest BCUT2D eigenvalue weighted by Gasteiger charge is 2.40. The maximum atomic E-state index is 13.3. The van der Waals surface area contributed by atoms with Crippen LogP contribution >= 0.6 is 0 Å². The smallest absolute Gasteiger partial charge is 0.335 e. The van der Waals surface area contributed by atoms with Crippen LogP contribution in [-0.4, -0.2) is 48.9 Å². The van der Waals surface area contributed by atoms with Gasteiger partial charge >= 0.3 is 5.97 Å². The molecule has 9 heteroatoms. The van der Waals surface area contributed by atoms with Gasteiger partial charge < -0.3 is 19.9 Å². The Labute approximate surface area is 184 Å². The number of nitrogens with one attached hydrogen (secondary N) is 2. The Bertz CT molecular complexity index is 926. The van der Waals surface area contributed by atoms with Crippen LogP contribution in [0, 0.1) is 11.6 Å². The van der Waals surface area contributed by atoms with Gasteiger partial charge in [0.1, 0.15) is 29.5 Å². The lowest BCUT2D eigenvalue weighted by Crippen LogP contribution is -2.60. The molecular weight excluding hydrogens is 422 g/mol. The van der Waals surface area contributed by atoms with Crippen molar-refractivity contribution in [3.63, 3.8) is 0 Å². The van der Waals surface area contributed by atoms with Crippen LogP contribution in [0.2, 0.25) is 0 Å². The summed E-state index contributed by atoms with van der Waals surface area (Å²) in [5, 5.41) is 15.2. The standard InChI is InChI=1S/C23H26F2N2O5/c1-15(16-2-4-17(5-3-16)21(28)29)27-22(30)23(6-9-31-10-7-23)26-8-11-32-20-13-18(24)12-19(25)14-20/h2-5,12-15,26H,6-11H2,1H3,(H,27,30)(H,28,29). The van der Waals surface area contributed by atoms with Crippen molar-refractivity contribution in [3.05, 3.63) is 65.2 Å². The van der Waals surface area contributed by atoms with E-state index in [1.807, 2.05) is 6.92 Å². The first-order valence-electron chi connectivity index (χ1n) is 10.3. The molecule has 1 fully saturated rings. The van der Waals surface area contributed by atoms with E-state index in [9.17, 15) is 18.4 Å². The monoisotopic (exact) mass is 448 g/mol. The molecule has 0 bridgehead atoms. The highest BCUT2D eigenvalue weighted by molar-refractivity contribution is 5.88. The fourth-order valence-corrected chi connectivity index (χ4v) is 3.61. The van der Waals surface area contributed by atoms with Gasteiger partial charge in [0.2, 0.25) is 5.91 Å². The second-order valence-corrected chi connectivity index (χ2v) is 7.70. The van der Waals surface area contributed by atoms with Crippen molar-refractivity contribution < 1.29 is 33.0 Å². The molecule has 172 valence electrons. The number of benzene rings is 2. The van der Waals surface area contributed by atoms with Crippen LogP contribution in [-0.2, 0) is 9.53 Å². The summed E-state index contributed by atoms with van der Waals surface area (Å²) in [6.07, 6.45) is 0.913. The lowest BCUT2D eigenvalue weighted by Gasteiger charge is -2.37. The van der Waals surface area contributed by atoms with Crippen molar-refractivity contribution in [1.82, 2.24) is 10.6 Å². The maximum absolute atomic E-state index is 13.3. The number of carboxylic acid groups (broad SMARTS) is 1. The van der Waals surface area contributed by atoms with E-state index in [-0.39, 0.29) is 36.4 Å². The molecule has 1 amide bonds. The molecule has 1 heterocycles. The highest BCUT2D eigenvalue weighted by Crippen LogP contribution is 2.23. The van der Waals surface area contributed by atoms with Crippen LogP contribution in [0.4, 0.5) is 8.78 Å². The van der Waals surface area contributed by atoms with Crippen molar-refractivity contribution in [2.75, 3.05) is 26.4 Å². The third-order valence-electron chi connectivity index (χ3n) is 5.46. The molecule has 0 aliphatic carbocycles. The summed E-state index contributed by atoms with van der Waals surface area (Å²) in [7, 11) is 0. The van der Waals surface area contributed by atoms with Gasteiger partial charge in [-0.25, -0.2) is 13.6 Å². The van der Waals surface area contributed by atoms with E-state index in [2.05, 4.69) is 10.6 Å². The first-order chi connectivity index (χ1) is 15.3. The minimum atomic E-state index is -1.01. The summed E-state index contributed by atoms with van der Waals surface area (Å²) in [6.45, 7) is 3.05. The van der Waals surface area contributed by atoms with Crippen LogP contribution in [0.15, 0.2) is 42.5 Å². The number of amides is 1. The zero-order chi connectivity index (χ0) is 23.1. The summed E-state index contributed by atoms with van der Waals surface area (Å²) >= 11 is 0. The van der Waals surface area contributed by atoms with Crippen molar-refractivity contribution in [2.24, 2.45) is 0 Å². The molecule has 3 rings (SSSR count). The first-order valence-corrected chi connectivity index (χ1v) is 10.3. The van der Waals surface area contributed by atoms with Gasteiger partial charge in [0, 0.05) is 38.0 Å². The van der Waals surface area contributed by atoms with Crippen molar-refractivity contribution in [3.8, 4) is 5.75 Å². The van der Waals surface area contributed by atoms with Crippen molar-refractivity contribution >= 4 is 11.9 Å². The van der Waals surface area contributed by atoms with E-state index in [0.29, 0.717) is 26.1 Å². The predicted octanol–water partition coefficient (Wildman–Crippen LogP) is 3.06. The molecule has 1 aliphatic rings. The molecule has 1 saturated heterocycles. The molecule has 1 unspecified atom stereocenters. The molecule has 1 aliphatic heterocycles. The maximum Gasteiger partial charge on any atom is 0.335 e. The Kier molecular flexibility index (Phi) is 7.76. The van der Waals surface area contributed by atoms with Gasteiger partial charge in [-0.15, -0.1) is 0 Å². The van der Waals surface area contributed by atoms with E-state index >= 15 is 0 Å². The van der Waals surface area contributed by atoms with Crippen molar-refractivity contribution in [1.29, 1.82) is 0 Å². The van der Waals surface area contributed by atoms with Crippen LogP contribution in [0.3, 0.4) is 0 Å². The second-order valence-electron chi connectivity index (χ2n) is 7.70. The lowest BCUT2D eigenvalue weighted by atomic mass is 9.88. The van der Waals surface area contributed by atoms with Gasteiger partial charge in [-0.2, -0.15) is 0 Å². The molecule has 7 nitrogen and oxygen atoms in total. The number of carbonyl (C=O) groups excluding carboxylic acids is 1. The van der Waals surface area contributed by atoms with Gasteiger partial charge in [0.05, 0.1) is 11.6 Å². The fourth-order valence-electron chi connectivity index (χ4n) is 3.61. The summed E-state index contributed by atoms with van der Waals surface area (Å²) < 4.78 is 37.4. The van der Waals surface area contributed by atoms with Crippen molar-refractivity contribution in [2.45, 2.75) is 31.3 Å². The minimum Gasteiger partial charge on any atom is -0.492 e. The fraction of sp³-hybridized carbons (Fsp3) is 0.391. The summed E-state index contributed by atoms with van der Waals surface area (Å²) in [4.78, 5) is 24.2. The molecule has 0 aromatic heterocycles. The number of carboxylic acids is 1. The van der Waals surface area contributed by atoms with E-state index in [1.54, 1.807) is 12.1 Å². The lowest BCUT2D eigenvalue weighted by molar-refractivity contribution is -0.132. The van der Waals surface area contributed by atoms with Gasteiger partial charge in [0.25, 0.3) is 0 Å². The number of hydrogen-bond acceptors (Lipinski definition) is 5. The van der Waals surface area contributed by atoms with E-state index in [0.717, 1.165) is 23.8 Å². The van der Waals surface area contributed by atoms with Crippen LogP contribution < -0.4 is 15.4 Å². The Morgan fingerprint density at radius 2 is 1.75 bits per heavy atom. The quantitative estimate of drug-likeness (QED) is 0.511. The number of rotatable bonds is 9. The first kappa shape index (κ1) is 23.6. The number of ether oxygens (including phenoxy) is 2. The topological polar surface area (TPSA) is 96.9 Å². The molecule has 3 N–H and O–H groups in total. The van der Waals surface area contributed by atoms with Crippen LogP contribution in [0.1, 0.15) is 41.7 Å². The second kappa shape index (κ2) is 10.5. The molecule has 0 saturated carbocycles. The minimum absolute atomic E-state index is 0.0770. The van der Waals surface area contributed by atoms with Crippen LogP contribution in [0.25, 0.3) is 0 Å². The number of aromatic carboxylic acids is 1. The van der Waals surface area contributed by atoms with E-state index in [1.165, 1.54) is 12.1 Å². The molecule has 2 aromatic carbocycles. The van der Waals surface area contributed by atoms with Crippen LogP contribution in [0.5, 0.6) is 5.75 Å². The zero-order valence-electron chi connectivity index (χ0n) is 17.7. The molecule has 32 heavy (non-hydrogen) atoms. The average Bonchev–Trinajstić information content (AvgIpc) is 2.76. The number of halogens is 2. The van der Waals surface area contributed by atoms with Gasteiger partial charge in [-0.3, -0.25) is 10.1 Å². The summed E-state index contributed by atoms with van der Waals surface area (Å²) in [6, 6.07) is 8.95. The summed E-state index contributed by atoms with van der Waals surface area (Å²) in [5.74, 6) is -2.58. The largest absolute Gasteiger partial charge is 0.492 e. The molecule has 0 spiro atoms. The average molecular weight is 448 g/mol. The Morgan fingerprint density at radius 3 is 2.34 bits per heavy atom. The predicted molar refractivity (Wildman–Crippen MR) is 113 cm³/mol. The van der Waals surface area contributed by atoms with Gasteiger partial charge in [0.15, 0.2) is 0 Å². The van der Waals surface area contributed by atoms with E-state index < -0.39 is 23.1 Å². The SMILES string of the molecule is CC(NC(=O)C1(NCCOc2cc(F)cc(F)c2)CCOCC1)c1ccc(C(=O)O)cc1. The third kappa shape index (κ3) is 6.02. The van der Waals surface area contributed by atoms with Gasteiger partial charge in [-0.05, 0) is 37.5 Å². The van der Waals surface area contributed by atoms with Gasteiger partial charge in [-0.1, -0.05) is 12.1 Å². The molecular formula is C23H26F2N2O5. The summed E-state index contributed by atoms with van der Waals surface area (Å²) in [5.41, 5.74) is 0.0828. The molecule has 0 radical (unpaired) electrons. The van der Waals surface area contributed by atoms with E-state index in [4.69, 9.17) is 14.6 Å². The highest BCUT2D eigenvalue weighted by atomic mass is 19.1. The normalized spacial score (nSPS) is 16.2. The number of carbonyl (C=O) groups is 2. The molecule has 1 atom stereocenters. The molecule has 2 aromatic rings. The zero-order valence-corrected chi connectivity index (χ0v) is 17.7. The Morgan fingerprint density at radius 1 is 1.12 bits per heavy atom. The Balaban J connectivity index is 1.59. The number of hydrogen-bond donors (Lipinski definition) is 3.